The van der Waals surface area contributed by atoms with E-state index in [2.05, 4.69) is 15.8 Å². The largest absolute Gasteiger partial charge is 0.459 e. The molecule has 2 heterocycles. The molecule has 0 spiro atoms. The molecule has 132 valence electrons. The zero-order chi connectivity index (χ0) is 18.7. The van der Waals surface area contributed by atoms with Crippen molar-refractivity contribution in [3.05, 3.63) is 54.0 Å². The highest BCUT2D eigenvalue weighted by Crippen LogP contribution is 2.20. The highest BCUT2D eigenvalue weighted by Gasteiger charge is 2.40. The van der Waals surface area contributed by atoms with Gasteiger partial charge in [-0.2, -0.15) is 5.10 Å². The first kappa shape index (κ1) is 17.1. The maximum atomic E-state index is 12.6. The molecule has 26 heavy (non-hydrogen) atoms. The lowest BCUT2D eigenvalue weighted by molar-refractivity contribution is -0.131. The van der Waals surface area contributed by atoms with Gasteiger partial charge < -0.3 is 4.42 Å². The lowest BCUT2D eigenvalue weighted by Gasteiger charge is -2.28. The summed E-state index contributed by atoms with van der Waals surface area (Å²) in [5.41, 5.74) is 3.42. The van der Waals surface area contributed by atoms with E-state index in [0.29, 0.717) is 5.69 Å². The van der Waals surface area contributed by atoms with Crippen LogP contribution >= 0.6 is 0 Å². The first-order valence-electron chi connectivity index (χ1n) is 7.60. The molecule has 2 N–H and O–H groups in total. The number of aryl methyl sites for hydroxylation is 1. The van der Waals surface area contributed by atoms with Gasteiger partial charge in [-0.05, 0) is 31.2 Å². The summed E-state index contributed by atoms with van der Waals surface area (Å²) in [4.78, 5) is 49.1. The van der Waals surface area contributed by atoms with Crippen molar-refractivity contribution in [3.8, 4) is 0 Å². The molecule has 5 amide bonds. The standard InChI is InChI=1S/C17H14N4O5/c1-10-4-6-11(7-5-10)21-16(24)12(14(22)19-17(21)25)9-18-20-15(23)13-3-2-8-26-13/h2-9,12H,1H3,(H,20,23)(H,19,22,25)/b18-9-/t12-/m1/s1. The van der Waals surface area contributed by atoms with Crippen molar-refractivity contribution in [2.45, 2.75) is 6.92 Å². The third kappa shape index (κ3) is 3.36. The SMILES string of the molecule is Cc1ccc(N2C(=O)NC(=O)[C@@H](/C=N\NC(=O)c3ccco3)C2=O)cc1. The number of furan rings is 1. The molecule has 1 saturated heterocycles. The second-order valence-electron chi connectivity index (χ2n) is 5.48. The van der Waals surface area contributed by atoms with Gasteiger partial charge in [-0.1, -0.05) is 17.7 Å². The molecular weight excluding hydrogens is 340 g/mol. The number of rotatable bonds is 4. The van der Waals surface area contributed by atoms with Gasteiger partial charge in [0.1, 0.15) is 0 Å². The minimum absolute atomic E-state index is 0.0260. The smallest absolute Gasteiger partial charge is 0.335 e. The lowest BCUT2D eigenvalue weighted by Crippen LogP contribution is -2.58. The Morgan fingerprint density at radius 1 is 1.23 bits per heavy atom. The van der Waals surface area contributed by atoms with Crippen molar-refractivity contribution in [3.63, 3.8) is 0 Å². The van der Waals surface area contributed by atoms with Crippen molar-refractivity contribution in [2.75, 3.05) is 4.90 Å². The van der Waals surface area contributed by atoms with Gasteiger partial charge in [0.05, 0.1) is 12.0 Å². The van der Waals surface area contributed by atoms with Gasteiger partial charge in [-0.3, -0.25) is 19.7 Å². The van der Waals surface area contributed by atoms with Gasteiger partial charge >= 0.3 is 11.9 Å². The highest BCUT2D eigenvalue weighted by molar-refractivity contribution is 6.32. The van der Waals surface area contributed by atoms with Crippen LogP contribution in [0.15, 0.2) is 52.2 Å². The number of amides is 5. The molecule has 0 bridgehead atoms. The number of nitrogens with one attached hydrogen (secondary N) is 2. The molecular formula is C17H14N4O5. The van der Waals surface area contributed by atoms with Crippen molar-refractivity contribution >= 4 is 35.7 Å². The van der Waals surface area contributed by atoms with E-state index >= 15 is 0 Å². The third-order valence-electron chi connectivity index (χ3n) is 3.63. The molecule has 2 aromatic rings. The average Bonchev–Trinajstić information content (AvgIpc) is 3.14. The number of hydrogen-bond donors (Lipinski definition) is 2. The van der Waals surface area contributed by atoms with Crippen LogP contribution < -0.4 is 15.6 Å². The second-order valence-corrected chi connectivity index (χ2v) is 5.48. The minimum atomic E-state index is -1.36. The molecule has 0 unspecified atom stereocenters. The van der Waals surface area contributed by atoms with E-state index < -0.39 is 29.7 Å². The molecule has 1 aliphatic heterocycles. The fraction of sp³-hybridized carbons (Fsp3) is 0.118. The van der Waals surface area contributed by atoms with Crippen LogP contribution in [0.5, 0.6) is 0 Å². The molecule has 1 aromatic heterocycles. The number of benzene rings is 1. The maximum absolute atomic E-state index is 12.6. The third-order valence-corrected chi connectivity index (χ3v) is 3.63. The Hall–Kier alpha value is -3.75. The zero-order valence-corrected chi connectivity index (χ0v) is 13.6. The lowest BCUT2D eigenvalue weighted by atomic mass is 10.1. The van der Waals surface area contributed by atoms with Crippen LogP contribution in [-0.4, -0.2) is 30.0 Å². The summed E-state index contributed by atoms with van der Waals surface area (Å²) in [6, 6.07) is 8.78. The van der Waals surface area contributed by atoms with Gasteiger partial charge in [0.15, 0.2) is 11.7 Å². The molecule has 0 saturated carbocycles. The number of anilines is 1. The fourth-order valence-corrected chi connectivity index (χ4v) is 2.29. The molecule has 1 aromatic carbocycles. The monoisotopic (exact) mass is 354 g/mol. The van der Waals surface area contributed by atoms with Crippen molar-refractivity contribution in [1.29, 1.82) is 0 Å². The number of imide groups is 2. The molecule has 9 heteroatoms. The topological polar surface area (TPSA) is 121 Å². The number of nitrogens with zero attached hydrogens (tertiary/aromatic N) is 2. The first-order valence-corrected chi connectivity index (χ1v) is 7.60. The summed E-state index contributed by atoms with van der Waals surface area (Å²) >= 11 is 0. The number of carbonyl (C=O) groups excluding carboxylic acids is 4. The number of hydrogen-bond acceptors (Lipinski definition) is 6. The van der Waals surface area contributed by atoms with Crippen LogP contribution in [-0.2, 0) is 9.59 Å². The summed E-state index contributed by atoms with van der Waals surface area (Å²) < 4.78 is 4.89. The van der Waals surface area contributed by atoms with Crippen LogP contribution in [0.3, 0.4) is 0 Å². The quantitative estimate of drug-likeness (QED) is 0.485. The van der Waals surface area contributed by atoms with Crippen LogP contribution in [0.25, 0.3) is 0 Å². The normalized spacial score (nSPS) is 17.5. The number of carbonyl (C=O) groups is 4. The Kier molecular flexibility index (Phi) is 4.61. The maximum Gasteiger partial charge on any atom is 0.335 e. The predicted molar refractivity (Wildman–Crippen MR) is 90.4 cm³/mol. The van der Waals surface area contributed by atoms with E-state index in [4.69, 9.17) is 4.42 Å². The molecule has 3 rings (SSSR count). The first-order chi connectivity index (χ1) is 12.5. The van der Waals surface area contributed by atoms with Gasteiger partial charge in [0.25, 0.3) is 5.91 Å². The Bertz CT molecular complexity index is 886. The highest BCUT2D eigenvalue weighted by atomic mass is 16.3. The van der Waals surface area contributed by atoms with E-state index in [9.17, 15) is 19.2 Å². The number of urea groups is 1. The van der Waals surface area contributed by atoms with Crippen molar-refractivity contribution in [2.24, 2.45) is 11.0 Å². The Morgan fingerprint density at radius 2 is 1.96 bits per heavy atom. The summed E-state index contributed by atoms with van der Waals surface area (Å²) in [7, 11) is 0. The van der Waals surface area contributed by atoms with E-state index in [-0.39, 0.29) is 5.76 Å². The van der Waals surface area contributed by atoms with Crippen molar-refractivity contribution < 1.29 is 23.6 Å². The average molecular weight is 354 g/mol. The van der Waals surface area contributed by atoms with E-state index in [1.807, 2.05) is 6.92 Å². The van der Waals surface area contributed by atoms with E-state index in [0.717, 1.165) is 16.7 Å². The Balaban J connectivity index is 1.76. The molecule has 0 radical (unpaired) electrons. The van der Waals surface area contributed by atoms with Gasteiger partial charge in [-0.15, -0.1) is 0 Å². The number of barbiturate groups is 1. The van der Waals surface area contributed by atoms with Crippen LogP contribution in [0, 0.1) is 12.8 Å². The molecule has 1 atom stereocenters. The van der Waals surface area contributed by atoms with Gasteiger partial charge in [0, 0.05) is 6.21 Å². The van der Waals surface area contributed by atoms with Crippen molar-refractivity contribution in [1.82, 2.24) is 10.7 Å². The minimum Gasteiger partial charge on any atom is -0.459 e. The second kappa shape index (κ2) is 7.01. The molecule has 9 nitrogen and oxygen atoms in total. The van der Waals surface area contributed by atoms with Gasteiger partial charge in [0.2, 0.25) is 5.91 Å². The summed E-state index contributed by atoms with van der Waals surface area (Å²) in [6.45, 7) is 1.86. The van der Waals surface area contributed by atoms with Gasteiger partial charge in [-0.25, -0.2) is 15.1 Å². The molecule has 1 aliphatic rings. The van der Waals surface area contributed by atoms with Crippen LogP contribution in [0.2, 0.25) is 0 Å². The summed E-state index contributed by atoms with van der Waals surface area (Å²) in [6.07, 6.45) is 2.29. The summed E-state index contributed by atoms with van der Waals surface area (Å²) in [5.74, 6) is -3.55. The fourth-order valence-electron chi connectivity index (χ4n) is 2.29. The Labute approximate surface area is 147 Å². The molecule has 1 fully saturated rings. The predicted octanol–water partition coefficient (Wildman–Crippen LogP) is 1.20. The zero-order valence-electron chi connectivity index (χ0n) is 13.6. The van der Waals surface area contributed by atoms with Crippen LogP contribution in [0.4, 0.5) is 10.5 Å². The van der Waals surface area contributed by atoms with E-state index in [1.165, 1.54) is 18.4 Å². The molecule has 0 aliphatic carbocycles. The Morgan fingerprint density at radius 3 is 2.62 bits per heavy atom. The van der Waals surface area contributed by atoms with E-state index in [1.54, 1.807) is 24.3 Å². The summed E-state index contributed by atoms with van der Waals surface area (Å²) in [5, 5.41) is 5.71. The number of hydrazone groups is 1. The van der Waals surface area contributed by atoms with Crippen LogP contribution in [0.1, 0.15) is 16.1 Å².